The van der Waals surface area contributed by atoms with E-state index in [0.717, 1.165) is 0 Å². The number of ketones is 2. The normalized spacial score (nSPS) is 15.6. The molecule has 42 valence electrons. The van der Waals surface area contributed by atoms with Crippen LogP contribution < -0.4 is 51.4 Å². The molecule has 0 N–H and O–H groups in total. The molecule has 0 amide bonds. The third-order valence-corrected chi connectivity index (χ3v) is 0.824. The number of hydrogen-bond donors (Lipinski definition) is 0. The Morgan fingerprint density at radius 1 is 0.889 bits per heavy atom. The van der Waals surface area contributed by atoms with E-state index in [2.05, 4.69) is 0 Å². The van der Waals surface area contributed by atoms with Gasteiger partial charge >= 0.3 is 51.4 Å². The Hall–Kier alpha value is 0.456. The van der Waals surface area contributed by atoms with Crippen LogP contribution in [0.4, 0.5) is 0 Å². The fourth-order valence-corrected chi connectivity index (χ4v) is 0.440. The molecular weight excluding hydrogens is 143 g/mol. The van der Waals surface area contributed by atoms with Gasteiger partial charge < -0.3 is 1.43 Å². The summed E-state index contributed by atoms with van der Waals surface area (Å²) in [4.78, 5) is 20.6. The summed E-state index contributed by atoms with van der Waals surface area (Å²) in [6.07, 6.45) is 5.01. The Morgan fingerprint density at radius 2 is 1.11 bits per heavy atom. The number of rotatable bonds is 0. The van der Waals surface area contributed by atoms with Crippen molar-refractivity contribution < 1.29 is 62.4 Å². The second-order valence-electron chi connectivity index (χ2n) is 1.47. The molecule has 0 aromatic heterocycles. The standard InChI is InChI=1S/C6H4O2.K.H/c7-5-1-2-6(8)4-3-5;;/h1-4H;;/q;+1;-1. The zero-order valence-corrected chi connectivity index (χ0v) is 8.25. The Bertz CT molecular complexity index is 158. The maximum atomic E-state index is 10.3. The second-order valence-corrected chi connectivity index (χ2v) is 1.47. The third kappa shape index (κ3) is 3.22. The molecular formula is C6H5KO2. The summed E-state index contributed by atoms with van der Waals surface area (Å²) in [5, 5.41) is 0. The largest absolute Gasteiger partial charge is 1.00 e. The van der Waals surface area contributed by atoms with Crippen molar-refractivity contribution >= 4 is 11.6 Å². The molecule has 0 aromatic carbocycles. The predicted molar refractivity (Wildman–Crippen MR) is 29.4 cm³/mol. The van der Waals surface area contributed by atoms with Gasteiger partial charge in [0.1, 0.15) is 0 Å². The Morgan fingerprint density at radius 3 is 1.33 bits per heavy atom. The van der Waals surface area contributed by atoms with E-state index in [9.17, 15) is 9.59 Å². The van der Waals surface area contributed by atoms with Gasteiger partial charge in [0, 0.05) is 0 Å². The van der Waals surface area contributed by atoms with Crippen molar-refractivity contribution in [2.75, 3.05) is 0 Å². The Kier molecular flexibility index (Phi) is 4.52. The first-order chi connectivity index (χ1) is 3.79. The van der Waals surface area contributed by atoms with Gasteiger partial charge in [0.25, 0.3) is 0 Å². The number of carbonyl (C=O) groups excluding carboxylic acids is 2. The van der Waals surface area contributed by atoms with Gasteiger partial charge in [-0.1, -0.05) is 0 Å². The van der Waals surface area contributed by atoms with Crippen LogP contribution in [0.15, 0.2) is 24.3 Å². The molecule has 0 saturated heterocycles. The van der Waals surface area contributed by atoms with Gasteiger partial charge in [-0.3, -0.25) is 9.59 Å². The van der Waals surface area contributed by atoms with Gasteiger partial charge in [-0.25, -0.2) is 0 Å². The first-order valence-electron chi connectivity index (χ1n) is 2.23. The molecule has 1 aliphatic carbocycles. The van der Waals surface area contributed by atoms with E-state index < -0.39 is 0 Å². The van der Waals surface area contributed by atoms with Crippen LogP contribution in [0.5, 0.6) is 0 Å². The molecule has 0 saturated carbocycles. The molecule has 0 fully saturated rings. The van der Waals surface area contributed by atoms with Crippen LogP contribution in [0.1, 0.15) is 1.43 Å². The SMILES string of the molecule is O=C1C=CC(=O)C=C1.[H-].[K+]. The van der Waals surface area contributed by atoms with Crippen LogP contribution in [0.25, 0.3) is 0 Å². The van der Waals surface area contributed by atoms with E-state index in [-0.39, 0.29) is 64.4 Å². The molecule has 2 nitrogen and oxygen atoms in total. The summed E-state index contributed by atoms with van der Waals surface area (Å²) < 4.78 is 0. The first kappa shape index (κ1) is 9.46. The van der Waals surface area contributed by atoms with Crippen molar-refractivity contribution in [3.63, 3.8) is 0 Å². The zero-order valence-electron chi connectivity index (χ0n) is 6.13. The van der Waals surface area contributed by atoms with E-state index in [1.54, 1.807) is 0 Å². The summed E-state index contributed by atoms with van der Waals surface area (Å²) in [5.41, 5.74) is 0. The average molecular weight is 148 g/mol. The van der Waals surface area contributed by atoms with Crippen LogP contribution in [0.3, 0.4) is 0 Å². The Balaban J connectivity index is 0. The molecule has 0 unspecified atom stereocenters. The monoisotopic (exact) mass is 148 g/mol. The van der Waals surface area contributed by atoms with Crippen LogP contribution in [0, 0.1) is 0 Å². The minimum atomic E-state index is -0.121. The van der Waals surface area contributed by atoms with Crippen LogP contribution >= 0.6 is 0 Å². The van der Waals surface area contributed by atoms with Crippen molar-refractivity contribution in [2.45, 2.75) is 0 Å². The maximum Gasteiger partial charge on any atom is 1.00 e. The van der Waals surface area contributed by atoms with Gasteiger partial charge in [0.2, 0.25) is 0 Å². The van der Waals surface area contributed by atoms with E-state index >= 15 is 0 Å². The molecule has 0 spiro atoms. The molecule has 1 rings (SSSR count). The maximum absolute atomic E-state index is 10.3. The molecule has 0 aromatic rings. The number of allylic oxidation sites excluding steroid dienone is 4. The van der Waals surface area contributed by atoms with Gasteiger partial charge in [0.05, 0.1) is 0 Å². The summed E-state index contributed by atoms with van der Waals surface area (Å²) in [6, 6.07) is 0. The van der Waals surface area contributed by atoms with E-state index in [1.807, 2.05) is 0 Å². The topological polar surface area (TPSA) is 34.1 Å². The molecule has 0 atom stereocenters. The fraction of sp³-hybridized carbons (Fsp3) is 0. The molecule has 0 bridgehead atoms. The quantitative estimate of drug-likeness (QED) is 0.278. The zero-order chi connectivity index (χ0) is 5.98. The van der Waals surface area contributed by atoms with Crippen LogP contribution in [-0.2, 0) is 9.59 Å². The molecule has 3 heteroatoms. The van der Waals surface area contributed by atoms with Crippen molar-refractivity contribution in [2.24, 2.45) is 0 Å². The van der Waals surface area contributed by atoms with Crippen LogP contribution in [0.2, 0.25) is 0 Å². The van der Waals surface area contributed by atoms with Crippen molar-refractivity contribution in [1.29, 1.82) is 0 Å². The van der Waals surface area contributed by atoms with E-state index in [1.165, 1.54) is 24.3 Å². The molecule has 0 aliphatic heterocycles. The first-order valence-corrected chi connectivity index (χ1v) is 2.23. The van der Waals surface area contributed by atoms with E-state index in [0.29, 0.717) is 0 Å². The van der Waals surface area contributed by atoms with Crippen molar-refractivity contribution in [1.82, 2.24) is 0 Å². The molecule has 1 aliphatic rings. The van der Waals surface area contributed by atoms with E-state index in [4.69, 9.17) is 0 Å². The summed E-state index contributed by atoms with van der Waals surface area (Å²) in [6.45, 7) is 0. The van der Waals surface area contributed by atoms with Gasteiger partial charge in [0.15, 0.2) is 11.6 Å². The third-order valence-electron chi connectivity index (χ3n) is 0.824. The minimum absolute atomic E-state index is 0. The van der Waals surface area contributed by atoms with Crippen molar-refractivity contribution in [3.05, 3.63) is 24.3 Å². The van der Waals surface area contributed by atoms with Crippen molar-refractivity contribution in [3.8, 4) is 0 Å². The minimum Gasteiger partial charge on any atom is -1.00 e. The number of carbonyl (C=O) groups is 2. The second kappa shape index (κ2) is 4.30. The van der Waals surface area contributed by atoms with Gasteiger partial charge in [-0.2, -0.15) is 0 Å². The Labute approximate surface area is 96.9 Å². The van der Waals surface area contributed by atoms with Crippen LogP contribution in [-0.4, -0.2) is 11.6 Å². The summed E-state index contributed by atoms with van der Waals surface area (Å²) in [7, 11) is 0. The van der Waals surface area contributed by atoms with Gasteiger partial charge in [-0.15, -0.1) is 0 Å². The smallest absolute Gasteiger partial charge is 1.00 e. The van der Waals surface area contributed by atoms with Gasteiger partial charge in [-0.05, 0) is 24.3 Å². The fourth-order valence-electron chi connectivity index (χ4n) is 0.440. The summed E-state index contributed by atoms with van der Waals surface area (Å²) in [5.74, 6) is -0.241. The molecule has 9 heavy (non-hydrogen) atoms. The predicted octanol–water partition coefficient (Wildman–Crippen LogP) is -2.63. The number of hydrogen-bond acceptors (Lipinski definition) is 2. The average Bonchev–Trinajstić information content (AvgIpc) is 1.77. The molecule has 0 radical (unpaired) electrons. The summed E-state index contributed by atoms with van der Waals surface area (Å²) >= 11 is 0. The molecule has 0 heterocycles.